The summed E-state index contributed by atoms with van der Waals surface area (Å²) in [6, 6.07) is 8.12. The number of nitrogens with zero attached hydrogens (tertiary/aromatic N) is 2. The fraction of sp³-hybridized carbons (Fsp3) is 0.636. The van der Waals surface area contributed by atoms with Gasteiger partial charge in [0, 0.05) is 51.4 Å². The molecule has 1 amide bonds. The molecule has 1 heterocycles. The molecule has 1 aliphatic heterocycles. The summed E-state index contributed by atoms with van der Waals surface area (Å²) in [7, 11) is 1.79. The number of benzene rings is 1. The zero-order valence-corrected chi connectivity index (χ0v) is 18.3. The van der Waals surface area contributed by atoms with Crippen LogP contribution in [0.1, 0.15) is 43.1 Å². The second kappa shape index (κ2) is 12.4. The molecule has 162 valence electrons. The van der Waals surface area contributed by atoms with Gasteiger partial charge < -0.3 is 20.7 Å². The van der Waals surface area contributed by atoms with Crippen molar-refractivity contribution in [2.24, 2.45) is 10.9 Å². The molecule has 1 saturated heterocycles. The molecule has 0 aliphatic carbocycles. The molecule has 3 N–H and O–H groups in total. The van der Waals surface area contributed by atoms with Crippen LogP contribution in [0.15, 0.2) is 29.3 Å². The van der Waals surface area contributed by atoms with Gasteiger partial charge in [-0.25, -0.2) is 0 Å². The Kier molecular flexibility index (Phi) is 9.94. The van der Waals surface area contributed by atoms with Gasteiger partial charge in [-0.2, -0.15) is 0 Å². The first-order valence-electron chi connectivity index (χ1n) is 10.7. The van der Waals surface area contributed by atoms with Gasteiger partial charge in [0.15, 0.2) is 5.96 Å². The number of hydrogen-bond donors (Lipinski definition) is 3. The second-order valence-corrected chi connectivity index (χ2v) is 7.79. The van der Waals surface area contributed by atoms with Crippen molar-refractivity contribution in [3.63, 3.8) is 0 Å². The summed E-state index contributed by atoms with van der Waals surface area (Å²) in [4.78, 5) is 18.7. The number of carbonyl (C=O) groups excluding carboxylic acids is 1. The zero-order valence-electron chi connectivity index (χ0n) is 18.3. The molecule has 2 rings (SSSR count). The van der Waals surface area contributed by atoms with E-state index in [-0.39, 0.29) is 5.91 Å². The first-order chi connectivity index (χ1) is 14.0. The minimum Gasteiger partial charge on any atom is -0.379 e. The Morgan fingerprint density at radius 1 is 1.14 bits per heavy atom. The van der Waals surface area contributed by atoms with Crippen LogP contribution in [0.4, 0.5) is 0 Å². The van der Waals surface area contributed by atoms with E-state index in [9.17, 15) is 4.79 Å². The largest absolute Gasteiger partial charge is 0.379 e. The van der Waals surface area contributed by atoms with Crippen LogP contribution in [0, 0.1) is 5.92 Å². The van der Waals surface area contributed by atoms with Gasteiger partial charge in [-0.05, 0) is 37.0 Å². The van der Waals surface area contributed by atoms with E-state index in [4.69, 9.17) is 4.74 Å². The van der Waals surface area contributed by atoms with Crippen molar-refractivity contribution in [3.05, 3.63) is 35.4 Å². The third-order valence-corrected chi connectivity index (χ3v) is 5.05. The Morgan fingerprint density at radius 2 is 1.83 bits per heavy atom. The first-order valence-corrected chi connectivity index (χ1v) is 10.7. The smallest absolute Gasteiger partial charge is 0.251 e. The van der Waals surface area contributed by atoms with Crippen molar-refractivity contribution in [2.75, 3.05) is 46.4 Å². The molecule has 1 atom stereocenters. The molecular weight excluding hydrogens is 366 g/mol. The monoisotopic (exact) mass is 403 g/mol. The van der Waals surface area contributed by atoms with Crippen LogP contribution >= 0.6 is 0 Å². The topological polar surface area (TPSA) is 78.0 Å². The van der Waals surface area contributed by atoms with Crippen LogP contribution in [0.25, 0.3) is 0 Å². The lowest BCUT2D eigenvalue weighted by molar-refractivity contribution is 0.0132. The van der Waals surface area contributed by atoms with Crippen LogP contribution in [-0.2, 0) is 11.3 Å². The maximum Gasteiger partial charge on any atom is 0.251 e. The standard InChI is InChI=1S/C22H37N5O2/c1-5-24-21(28)19-8-6-18(7-9-19)15-25-22(23-4)26-16-20(14-17(2)3)27-10-12-29-13-11-27/h6-9,17,20H,5,10-16H2,1-4H3,(H,24,28)(H2,23,25,26). The highest BCUT2D eigenvalue weighted by Gasteiger charge is 2.22. The SMILES string of the molecule is CCNC(=O)c1ccc(CNC(=NC)NCC(CC(C)C)N2CCOCC2)cc1. The van der Waals surface area contributed by atoms with Gasteiger partial charge in [-0.3, -0.25) is 14.7 Å². The molecule has 1 aliphatic rings. The van der Waals surface area contributed by atoms with Crippen LogP contribution < -0.4 is 16.0 Å². The van der Waals surface area contributed by atoms with Crippen LogP contribution in [0.2, 0.25) is 0 Å². The maximum atomic E-state index is 11.9. The first kappa shape index (κ1) is 23.2. The summed E-state index contributed by atoms with van der Waals surface area (Å²) in [6.45, 7) is 12.2. The summed E-state index contributed by atoms with van der Waals surface area (Å²) in [5.74, 6) is 1.40. The number of carbonyl (C=O) groups is 1. The van der Waals surface area contributed by atoms with E-state index in [1.54, 1.807) is 7.05 Å². The predicted molar refractivity (Wildman–Crippen MR) is 118 cm³/mol. The quantitative estimate of drug-likeness (QED) is 0.433. The van der Waals surface area contributed by atoms with Gasteiger partial charge in [0.05, 0.1) is 13.2 Å². The van der Waals surface area contributed by atoms with Gasteiger partial charge >= 0.3 is 0 Å². The fourth-order valence-electron chi connectivity index (χ4n) is 3.51. The number of amides is 1. The number of hydrogen-bond acceptors (Lipinski definition) is 4. The van der Waals surface area contributed by atoms with Gasteiger partial charge in [0.1, 0.15) is 0 Å². The molecule has 1 aromatic rings. The molecule has 0 bridgehead atoms. The summed E-state index contributed by atoms with van der Waals surface area (Å²) >= 11 is 0. The van der Waals surface area contributed by atoms with Gasteiger partial charge in [0.2, 0.25) is 0 Å². The average molecular weight is 404 g/mol. The molecular formula is C22H37N5O2. The molecule has 0 aromatic heterocycles. The third kappa shape index (κ3) is 8.03. The molecule has 1 aromatic carbocycles. The van der Waals surface area contributed by atoms with E-state index in [1.165, 1.54) is 0 Å². The van der Waals surface area contributed by atoms with E-state index in [0.717, 1.165) is 50.8 Å². The summed E-state index contributed by atoms with van der Waals surface area (Å²) in [5, 5.41) is 9.66. The fourth-order valence-corrected chi connectivity index (χ4v) is 3.51. The molecule has 0 saturated carbocycles. The van der Waals surface area contributed by atoms with Crippen LogP contribution in [0.3, 0.4) is 0 Å². The molecule has 0 radical (unpaired) electrons. The van der Waals surface area contributed by atoms with Gasteiger partial charge in [-0.15, -0.1) is 0 Å². The zero-order chi connectivity index (χ0) is 21.1. The lowest BCUT2D eigenvalue weighted by atomic mass is 10.0. The summed E-state index contributed by atoms with van der Waals surface area (Å²) in [5.41, 5.74) is 1.79. The molecule has 1 fully saturated rings. The third-order valence-electron chi connectivity index (χ3n) is 5.05. The van der Waals surface area contributed by atoms with Crippen molar-refractivity contribution in [1.82, 2.24) is 20.9 Å². The molecule has 29 heavy (non-hydrogen) atoms. The average Bonchev–Trinajstić information content (AvgIpc) is 2.74. The summed E-state index contributed by atoms with van der Waals surface area (Å²) in [6.07, 6.45) is 1.14. The minimum absolute atomic E-state index is 0.0382. The highest BCUT2D eigenvalue weighted by Crippen LogP contribution is 2.13. The Bertz CT molecular complexity index is 639. The number of morpholine rings is 1. The number of ether oxygens (including phenoxy) is 1. The second-order valence-electron chi connectivity index (χ2n) is 7.79. The number of aliphatic imine (C=N–C) groups is 1. The lowest BCUT2D eigenvalue weighted by Gasteiger charge is -2.35. The number of rotatable bonds is 9. The van der Waals surface area contributed by atoms with E-state index in [2.05, 4.69) is 39.7 Å². The Balaban J connectivity index is 1.84. The summed E-state index contributed by atoms with van der Waals surface area (Å²) < 4.78 is 5.50. The Labute approximate surface area is 175 Å². The van der Waals surface area contributed by atoms with Crippen LogP contribution in [-0.4, -0.2) is 69.2 Å². The van der Waals surface area contributed by atoms with Crippen molar-refractivity contribution >= 4 is 11.9 Å². The normalized spacial score (nSPS) is 16.5. The molecule has 1 unspecified atom stereocenters. The van der Waals surface area contributed by atoms with Crippen molar-refractivity contribution < 1.29 is 9.53 Å². The highest BCUT2D eigenvalue weighted by molar-refractivity contribution is 5.94. The van der Waals surface area contributed by atoms with Crippen LogP contribution in [0.5, 0.6) is 0 Å². The van der Waals surface area contributed by atoms with Gasteiger partial charge in [-0.1, -0.05) is 26.0 Å². The molecule has 0 spiro atoms. The van der Waals surface area contributed by atoms with Crippen molar-refractivity contribution in [3.8, 4) is 0 Å². The minimum atomic E-state index is -0.0382. The Morgan fingerprint density at radius 3 is 2.41 bits per heavy atom. The maximum absolute atomic E-state index is 11.9. The van der Waals surface area contributed by atoms with E-state index in [1.807, 2.05) is 31.2 Å². The number of nitrogens with one attached hydrogen (secondary N) is 3. The lowest BCUT2D eigenvalue weighted by Crippen LogP contribution is -2.50. The van der Waals surface area contributed by atoms with E-state index < -0.39 is 0 Å². The van der Waals surface area contributed by atoms with Crippen molar-refractivity contribution in [2.45, 2.75) is 39.8 Å². The number of guanidine groups is 1. The molecule has 7 heteroatoms. The van der Waals surface area contributed by atoms with Gasteiger partial charge in [0.25, 0.3) is 5.91 Å². The van der Waals surface area contributed by atoms with E-state index in [0.29, 0.717) is 30.6 Å². The van der Waals surface area contributed by atoms with E-state index >= 15 is 0 Å². The predicted octanol–water partition coefficient (Wildman–Crippen LogP) is 1.85. The molecule has 7 nitrogen and oxygen atoms in total. The Hall–Kier alpha value is -2.12. The highest BCUT2D eigenvalue weighted by atomic mass is 16.5. The van der Waals surface area contributed by atoms with Crippen molar-refractivity contribution in [1.29, 1.82) is 0 Å².